The second-order valence-electron chi connectivity index (χ2n) is 4.96. The van der Waals surface area contributed by atoms with Crippen molar-refractivity contribution in [3.8, 4) is 5.75 Å². The molecule has 0 spiro atoms. The highest BCUT2D eigenvalue weighted by Gasteiger charge is 2.52. The van der Waals surface area contributed by atoms with Crippen LogP contribution in [0.4, 0.5) is 4.39 Å². The van der Waals surface area contributed by atoms with Crippen molar-refractivity contribution in [3.63, 3.8) is 0 Å². The molecule has 1 aromatic carbocycles. The maximum absolute atomic E-state index is 12.9. The zero-order chi connectivity index (χ0) is 14.6. The molecule has 0 bridgehead atoms. The molecule has 1 N–H and O–H groups in total. The van der Waals surface area contributed by atoms with Gasteiger partial charge in [-0.25, -0.2) is 9.18 Å². The van der Waals surface area contributed by atoms with Crippen molar-refractivity contribution in [2.75, 3.05) is 20.3 Å². The first kappa shape index (κ1) is 14.8. The van der Waals surface area contributed by atoms with Crippen LogP contribution in [-0.2, 0) is 9.53 Å². The summed E-state index contributed by atoms with van der Waals surface area (Å²) in [5, 5.41) is 3.07. The van der Waals surface area contributed by atoms with Gasteiger partial charge in [0.1, 0.15) is 18.2 Å². The molecule has 110 valence electrons. The first-order valence-corrected chi connectivity index (χ1v) is 6.87. The third-order valence-electron chi connectivity index (χ3n) is 3.64. The topological polar surface area (TPSA) is 47.6 Å². The molecule has 1 atom stereocenters. The van der Waals surface area contributed by atoms with Gasteiger partial charge in [0.05, 0.1) is 6.61 Å². The fourth-order valence-corrected chi connectivity index (χ4v) is 2.29. The van der Waals surface area contributed by atoms with Crippen molar-refractivity contribution >= 4 is 5.97 Å². The Kier molecular flexibility index (Phi) is 4.60. The highest BCUT2D eigenvalue weighted by molar-refractivity contribution is 5.82. The third-order valence-corrected chi connectivity index (χ3v) is 3.64. The highest BCUT2D eigenvalue weighted by atomic mass is 19.1. The lowest BCUT2D eigenvalue weighted by atomic mass is 9.94. The predicted molar refractivity (Wildman–Crippen MR) is 73.0 cm³/mol. The van der Waals surface area contributed by atoms with Crippen molar-refractivity contribution in [1.29, 1.82) is 0 Å². The molecule has 1 aromatic rings. The van der Waals surface area contributed by atoms with Crippen LogP contribution >= 0.6 is 0 Å². The summed E-state index contributed by atoms with van der Waals surface area (Å²) in [5.41, 5.74) is -0.815. The standard InChI is InChI=1S/C15H20FNO3/c1-3-19-14(18)15(17-2,11-4-5-11)10-20-13-8-6-12(16)7-9-13/h6-9,11,17H,3-5,10H2,1-2H3. The fourth-order valence-electron chi connectivity index (χ4n) is 2.29. The fraction of sp³-hybridized carbons (Fsp3) is 0.533. The number of nitrogens with one attached hydrogen (secondary N) is 1. The molecule has 1 fully saturated rings. The van der Waals surface area contributed by atoms with Gasteiger partial charge in [-0.15, -0.1) is 0 Å². The minimum atomic E-state index is -0.815. The van der Waals surface area contributed by atoms with E-state index in [1.54, 1.807) is 26.1 Å². The molecule has 0 aromatic heterocycles. The molecule has 0 amide bonds. The molecule has 0 radical (unpaired) electrons. The van der Waals surface area contributed by atoms with E-state index in [2.05, 4.69) is 5.32 Å². The molecule has 1 unspecified atom stereocenters. The monoisotopic (exact) mass is 281 g/mol. The SMILES string of the molecule is CCOC(=O)C(COc1ccc(F)cc1)(NC)C1CC1. The van der Waals surface area contributed by atoms with E-state index in [1.165, 1.54) is 12.1 Å². The van der Waals surface area contributed by atoms with E-state index in [0.717, 1.165) is 12.8 Å². The van der Waals surface area contributed by atoms with E-state index < -0.39 is 5.54 Å². The average Bonchev–Trinajstić information content (AvgIpc) is 3.27. The summed E-state index contributed by atoms with van der Waals surface area (Å²) >= 11 is 0. The number of hydrogen-bond acceptors (Lipinski definition) is 4. The van der Waals surface area contributed by atoms with Crippen molar-refractivity contribution in [1.82, 2.24) is 5.32 Å². The number of carbonyl (C=O) groups excluding carboxylic acids is 1. The highest BCUT2D eigenvalue weighted by Crippen LogP contribution is 2.40. The predicted octanol–water partition coefficient (Wildman–Crippen LogP) is 2.14. The molecule has 2 rings (SSSR count). The van der Waals surface area contributed by atoms with Gasteiger partial charge in [-0.05, 0) is 57.0 Å². The van der Waals surface area contributed by atoms with E-state index in [4.69, 9.17) is 9.47 Å². The summed E-state index contributed by atoms with van der Waals surface area (Å²) in [6, 6.07) is 5.76. The van der Waals surface area contributed by atoms with E-state index in [9.17, 15) is 9.18 Å². The Morgan fingerprint density at radius 3 is 2.55 bits per heavy atom. The molecule has 1 aliphatic carbocycles. The van der Waals surface area contributed by atoms with E-state index in [0.29, 0.717) is 12.4 Å². The third kappa shape index (κ3) is 3.10. The number of ether oxygens (including phenoxy) is 2. The summed E-state index contributed by atoms with van der Waals surface area (Å²) in [6.45, 7) is 2.30. The van der Waals surface area contributed by atoms with Crippen LogP contribution in [-0.4, -0.2) is 31.8 Å². The minimum Gasteiger partial charge on any atom is -0.491 e. The molecule has 0 aliphatic heterocycles. The lowest BCUT2D eigenvalue weighted by molar-refractivity contribution is -0.153. The molecule has 5 heteroatoms. The Labute approximate surface area is 118 Å². The summed E-state index contributed by atoms with van der Waals surface area (Å²) in [4.78, 5) is 12.2. The van der Waals surface area contributed by atoms with Crippen LogP contribution in [0.1, 0.15) is 19.8 Å². The Morgan fingerprint density at radius 2 is 2.05 bits per heavy atom. The summed E-state index contributed by atoms with van der Waals surface area (Å²) in [7, 11) is 1.74. The van der Waals surface area contributed by atoms with Gasteiger partial charge in [0.2, 0.25) is 0 Å². The van der Waals surface area contributed by atoms with E-state index in [-0.39, 0.29) is 24.3 Å². The average molecular weight is 281 g/mol. The number of carbonyl (C=O) groups is 1. The summed E-state index contributed by atoms with van der Waals surface area (Å²) in [5.74, 6) is 0.167. The van der Waals surface area contributed by atoms with Crippen molar-refractivity contribution in [3.05, 3.63) is 30.1 Å². The quantitative estimate of drug-likeness (QED) is 0.778. The van der Waals surface area contributed by atoms with Crippen LogP contribution in [0.3, 0.4) is 0 Å². The number of halogens is 1. The first-order valence-electron chi connectivity index (χ1n) is 6.87. The lowest BCUT2D eigenvalue weighted by Gasteiger charge is -2.31. The Morgan fingerprint density at radius 1 is 1.40 bits per heavy atom. The van der Waals surface area contributed by atoms with Gasteiger partial charge in [-0.2, -0.15) is 0 Å². The van der Waals surface area contributed by atoms with Crippen molar-refractivity contribution in [2.24, 2.45) is 5.92 Å². The number of hydrogen-bond donors (Lipinski definition) is 1. The second-order valence-corrected chi connectivity index (χ2v) is 4.96. The molecular formula is C15H20FNO3. The molecule has 1 aliphatic rings. The molecule has 20 heavy (non-hydrogen) atoms. The Bertz CT molecular complexity index is 459. The second kappa shape index (κ2) is 6.22. The normalized spacial score (nSPS) is 17.4. The summed E-state index contributed by atoms with van der Waals surface area (Å²) in [6.07, 6.45) is 1.96. The zero-order valence-electron chi connectivity index (χ0n) is 11.8. The molecule has 1 saturated carbocycles. The maximum atomic E-state index is 12.9. The molecule has 0 heterocycles. The number of esters is 1. The van der Waals surface area contributed by atoms with Gasteiger partial charge in [-0.3, -0.25) is 0 Å². The first-order chi connectivity index (χ1) is 9.62. The molecule has 4 nitrogen and oxygen atoms in total. The van der Waals surface area contributed by atoms with Crippen LogP contribution in [0.5, 0.6) is 5.75 Å². The van der Waals surface area contributed by atoms with Crippen LogP contribution in [0, 0.1) is 11.7 Å². The molecule has 0 saturated heterocycles. The van der Waals surface area contributed by atoms with Gasteiger partial charge in [0, 0.05) is 0 Å². The van der Waals surface area contributed by atoms with Gasteiger partial charge in [0.15, 0.2) is 5.54 Å². The van der Waals surface area contributed by atoms with Crippen LogP contribution in [0.15, 0.2) is 24.3 Å². The Balaban J connectivity index is 2.07. The number of benzene rings is 1. The van der Waals surface area contributed by atoms with Crippen LogP contribution < -0.4 is 10.1 Å². The lowest BCUT2D eigenvalue weighted by Crippen LogP contribution is -2.57. The number of likely N-dealkylation sites (N-methyl/N-ethyl adjacent to an activating group) is 1. The molecular weight excluding hydrogens is 261 g/mol. The van der Waals surface area contributed by atoms with Crippen molar-refractivity contribution < 1.29 is 18.7 Å². The van der Waals surface area contributed by atoms with Crippen LogP contribution in [0.25, 0.3) is 0 Å². The minimum absolute atomic E-state index is 0.179. The zero-order valence-corrected chi connectivity index (χ0v) is 11.8. The van der Waals surface area contributed by atoms with Crippen molar-refractivity contribution in [2.45, 2.75) is 25.3 Å². The maximum Gasteiger partial charge on any atom is 0.330 e. The Hall–Kier alpha value is -1.62. The van der Waals surface area contributed by atoms with Gasteiger partial charge < -0.3 is 14.8 Å². The van der Waals surface area contributed by atoms with Gasteiger partial charge in [0.25, 0.3) is 0 Å². The van der Waals surface area contributed by atoms with Crippen LogP contribution in [0.2, 0.25) is 0 Å². The van der Waals surface area contributed by atoms with E-state index >= 15 is 0 Å². The van der Waals surface area contributed by atoms with Gasteiger partial charge >= 0.3 is 5.97 Å². The summed E-state index contributed by atoms with van der Waals surface area (Å²) < 4.78 is 23.7. The number of rotatable bonds is 7. The van der Waals surface area contributed by atoms with Gasteiger partial charge in [-0.1, -0.05) is 0 Å². The largest absolute Gasteiger partial charge is 0.491 e. The van der Waals surface area contributed by atoms with E-state index in [1.807, 2.05) is 0 Å². The smallest absolute Gasteiger partial charge is 0.330 e.